The second-order valence-corrected chi connectivity index (χ2v) is 8.29. The van der Waals surface area contributed by atoms with Gasteiger partial charge in [0.15, 0.2) is 9.84 Å². The highest BCUT2D eigenvalue weighted by Crippen LogP contribution is 2.30. The van der Waals surface area contributed by atoms with E-state index >= 15 is 0 Å². The monoisotopic (exact) mass is 371 g/mol. The lowest BCUT2D eigenvalue weighted by Crippen LogP contribution is -2.07. The molecule has 2 aromatic heterocycles. The van der Waals surface area contributed by atoms with Gasteiger partial charge < -0.3 is 5.11 Å². The zero-order valence-electron chi connectivity index (χ0n) is 13.0. The van der Waals surface area contributed by atoms with Crippen molar-refractivity contribution in [2.75, 3.05) is 0 Å². The van der Waals surface area contributed by atoms with E-state index < -0.39 is 9.84 Å². The number of sulfone groups is 1. The van der Waals surface area contributed by atoms with Crippen LogP contribution in [0.2, 0.25) is 0 Å². The summed E-state index contributed by atoms with van der Waals surface area (Å²) in [6.45, 7) is 0. The number of benzene rings is 1. The summed E-state index contributed by atoms with van der Waals surface area (Å²) in [6, 6.07) is 12.1. The molecule has 3 rings (SSSR count). The minimum Gasteiger partial charge on any atom is -0.506 e. The van der Waals surface area contributed by atoms with Crippen LogP contribution < -0.4 is 0 Å². The fraction of sp³-hybridized carbons (Fsp3) is 0.118. The van der Waals surface area contributed by atoms with Crippen molar-refractivity contribution in [2.45, 2.75) is 11.5 Å². The molecule has 0 saturated carbocycles. The van der Waals surface area contributed by atoms with Gasteiger partial charge in [0.05, 0.1) is 22.8 Å². The Morgan fingerprint density at radius 1 is 1.20 bits per heavy atom. The molecule has 0 amide bonds. The van der Waals surface area contributed by atoms with Crippen molar-refractivity contribution in [1.82, 2.24) is 9.97 Å². The quantitative estimate of drug-likeness (QED) is 0.739. The van der Waals surface area contributed by atoms with Crippen molar-refractivity contribution < 1.29 is 13.5 Å². The molecule has 0 radical (unpaired) electrons. The Morgan fingerprint density at radius 2 is 1.96 bits per heavy atom. The van der Waals surface area contributed by atoms with E-state index in [0.29, 0.717) is 10.7 Å². The first kappa shape index (κ1) is 17.1. The summed E-state index contributed by atoms with van der Waals surface area (Å²) in [5.41, 5.74) is 1.60. The van der Waals surface area contributed by atoms with E-state index in [4.69, 9.17) is 5.26 Å². The van der Waals surface area contributed by atoms with Gasteiger partial charge >= 0.3 is 0 Å². The predicted octanol–water partition coefficient (Wildman–Crippen LogP) is 2.90. The van der Waals surface area contributed by atoms with Crippen LogP contribution in [0.3, 0.4) is 0 Å². The zero-order chi connectivity index (χ0) is 17.9. The van der Waals surface area contributed by atoms with Crippen molar-refractivity contribution in [3.05, 3.63) is 64.8 Å². The number of pyridine rings is 1. The van der Waals surface area contributed by atoms with Gasteiger partial charge in [-0.2, -0.15) is 5.26 Å². The van der Waals surface area contributed by atoms with Gasteiger partial charge in [-0.15, -0.1) is 11.3 Å². The molecule has 126 valence electrons. The van der Waals surface area contributed by atoms with E-state index in [1.54, 1.807) is 29.6 Å². The van der Waals surface area contributed by atoms with Gasteiger partial charge in [-0.25, -0.2) is 18.4 Å². The number of nitriles is 1. The third-order valence-electron chi connectivity index (χ3n) is 3.35. The number of hydrogen-bond acceptors (Lipinski definition) is 7. The fourth-order valence-corrected chi connectivity index (χ4v) is 4.59. The number of rotatable bonds is 5. The third-order valence-corrected chi connectivity index (χ3v) is 5.75. The van der Waals surface area contributed by atoms with Crippen LogP contribution in [0.1, 0.15) is 16.8 Å². The number of nitrogens with zero attached hydrogens (tertiary/aromatic N) is 3. The molecule has 6 nitrogen and oxygen atoms in total. The summed E-state index contributed by atoms with van der Waals surface area (Å²) >= 11 is 1.20. The highest BCUT2D eigenvalue weighted by molar-refractivity contribution is 7.89. The third kappa shape index (κ3) is 4.21. The van der Waals surface area contributed by atoms with Crippen molar-refractivity contribution in [1.29, 1.82) is 5.26 Å². The lowest BCUT2D eigenvalue weighted by atomic mass is 10.2. The molecule has 1 aromatic carbocycles. The standard InChI is InChI=1S/C17H13N3O3S2/c18-7-13-6-15(21)16(19-8-13)17-20-14(9-24-17)11-25(22,23)10-12-4-2-1-3-5-12/h1-6,8-9,21H,10-11H2. The van der Waals surface area contributed by atoms with Crippen LogP contribution in [-0.2, 0) is 21.3 Å². The Hall–Kier alpha value is -2.76. The maximum absolute atomic E-state index is 12.3. The summed E-state index contributed by atoms with van der Waals surface area (Å²) in [7, 11) is -3.36. The van der Waals surface area contributed by atoms with E-state index in [0.717, 1.165) is 5.56 Å². The summed E-state index contributed by atoms with van der Waals surface area (Å²) in [5.74, 6) is -0.400. The predicted molar refractivity (Wildman–Crippen MR) is 94.5 cm³/mol. The van der Waals surface area contributed by atoms with Gasteiger partial charge in [0, 0.05) is 17.6 Å². The average Bonchev–Trinajstić information content (AvgIpc) is 3.02. The number of hydrogen-bond donors (Lipinski definition) is 1. The molecule has 0 atom stereocenters. The van der Waals surface area contributed by atoms with Gasteiger partial charge in [0.1, 0.15) is 22.5 Å². The zero-order valence-corrected chi connectivity index (χ0v) is 14.6. The van der Waals surface area contributed by atoms with Gasteiger partial charge in [0.2, 0.25) is 0 Å². The van der Waals surface area contributed by atoms with Crippen LogP contribution in [0.4, 0.5) is 0 Å². The summed E-state index contributed by atoms with van der Waals surface area (Å²) < 4.78 is 24.7. The molecule has 25 heavy (non-hydrogen) atoms. The van der Waals surface area contributed by atoms with Crippen molar-refractivity contribution in [2.24, 2.45) is 0 Å². The average molecular weight is 371 g/mol. The van der Waals surface area contributed by atoms with E-state index in [-0.39, 0.29) is 28.5 Å². The molecule has 8 heteroatoms. The molecule has 0 aliphatic heterocycles. The molecule has 0 bridgehead atoms. The van der Waals surface area contributed by atoms with Gasteiger partial charge in [0.25, 0.3) is 0 Å². The Kier molecular flexibility index (Phi) is 4.79. The molecule has 0 aliphatic carbocycles. The first-order chi connectivity index (χ1) is 12.0. The fourth-order valence-electron chi connectivity index (χ4n) is 2.27. The van der Waals surface area contributed by atoms with Gasteiger partial charge in [-0.1, -0.05) is 30.3 Å². The van der Waals surface area contributed by atoms with Crippen molar-refractivity contribution in [3.63, 3.8) is 0 Å². The van der Waals surface area contributed by atoms with Crippen molar-refractivity contribution in [3.8, 4) is 22.5 Å². The Morgan fingerprint density at radius 3 is 2.64 bits per heavy atom. The maximum atomic E-state index is 12.3. The van der Waals surface area contributed by atoms with E-state index in [1.165, 1.54) is 23.6 Å². The number of thiazole rings is 1. The van der Waals surface area contributed by atoms with E-state index in [9.17, 15) is 13.5 Å². The largest absolute Gasteiger partial charge is 0.506 e. The van der Waals surface area contributed by atoms with Crippen LogP contribution in [0, 0.1) is 11.3 Å². The molecule has 0 fully saturated rings. The highest BCUT2D eigenvalue weighted by atomic mass is 32.2. The normalized spacial score (nSPS) is 11.2. The van der Waals surface area contributed by atoms with Crippen LogP contribution in [-0.4, -0.2) is 23.5 Å². The molecule has 1 N–H and O–H groups in total. The van der Waals surface area contributed by atoms with Crippen LogP contribution in [0.5, 0.6) is 5.75 Å². The Bertz CT molecular complexity index is 1040. The Labute approximate surface area is 149 Å². The Balaban J connectivity index is 1.79. The van der Waals surface area contributed by atoms with Crippen LogP contribution in [0.25, 0.3) is 10.7 Å². The molecule has 0 unspecified atom stereocenters. The lowest BCUT2D eigenvalue weighted by molar-refractivity contribution is 0.475. The van der Waals surface area contributed by atoms with Gasteiger partial charge in [-0.05, 0) is 5.56 Å². The SMILES string of the molecule is N#Cc1cnc(-c2nc(CS(=O)(=O)Cc3ccccc3)cs2)c(O)c1. The number of aromatic nitrogens is 2. The van der Waals surface area contributed by atoms with Crippen LogP contribution >= 0.6 is 11.3 Å². The lowest BCUT2D eigenvalue weighted by Gasteiger charge is -2.03. The minimum atomic E-state index is -3.36. The molecule has 0 aliphatic rings. The molecule has 0 saturated heterocycles. The maximum Gasteiger partial charge on any atom is 0.160 e. The molecule has 3 aromatic rings. The second kappa shape index (κ2) is 7.01. The summed E-state index contributed by atoms with van der Waals surface area (Å²) in [6.07, 6.45) is 1.34. The first-order valence-electron chi connectivity index (χ1n) is 7.25. The molecule has 2 heterocycles. The minimum absolute atomic E-state index is 0.0545. The van der Waals surface area contributed by atoms with E-state index in [1.807, 2.05) is 12.1 Å². The smallest absolute Gasteiger partial charge is 0.160 e. The summed E-state index contributed by atoms with van der Waals surface area (Å²) in [4.78, 5) is 8.28. The highest BCUT2D eigenvalue weighted by Gasteiger charge is 2.17. The first-order valence-corrected chi connectivity index (χ1v) is 9.95. The molecule has 0 spiro atoms. The second-order valence-electron chi connectivity index (χ2n) is 5.37. The van der Waals surface area contributed by atoms with Gasteiger partial charge in [-0.3, -0.25) is 0 Å². The van der Waals surface area contributed by atoms with E-state index in [2.05, 4.69) is 9.97 Å². The molecular weight excluding hydrogens is 358 g/mol. The molecular formula is C17H13N3O3S2. The van der Waals surface area contributed by atoms with Crippen molar-refractivity contribution >= 4 is 21.2 Å². The van der Waals surface area contributed by atoms with Crippen LogP contribution in [0.15, 0.2) is 48.0 Å². The topological polar surface area (TPSA) is 104 Å². The summed E-state index contributed by atoms with van der Waals surface area (Å²) in [5, 5.41) is 20.8. The number of aromatic hydroxyl groups is 1.